The van der Waals surface area contributed by atoms with Crippen molar-refractivity contribution in [3.63, 3.8) is 0 Å². The molecule has 0 radical (unpaired) electrons. The largest absolute Gasteiger partial charge is 0.360 e. The normalized spacial score (nSPS) is 10.3. The molecule has 0 aromatic carbocycles. The highest BCUT2D eigenvalue weighted by atomic mass is 19.3. The molecule has 1 aromatic rings. The van der Waals surface area contributed by atoms with Crippen molar-refractivity contribution in [2.75, 3.05) is 0 Å². The Labute approximate surface area is 84.3 Å². The fourth-order valence-electron chi connectivity index (χ4n) is 1.26. The van der Waals surface area contributed by atoms with E-state index in [0.29, 0.717) is 5.69 Å². The lowest BCUT2D eigenvalue weighted by Gasteiger charge is -2.07. The maximum atomic E-state index is 12.5. The summed E-state index contributed by atoms with van der Waals surface area (Å²) in [6.07, 6.45) is -2.89. The summed E-state index contributed by atoms with van der Waals surface area (Å²) in [6, 6.07) is 2.82. The highest BCUT2D eigenvalue weighted by Crippen LogP contribution is 2.17. The van der Waals surface area contributed by atoms with E-state index >= 15 is 0 Å². The Hall–Kier alpha value is -1.74. The molecular formula is C9H9F2N3O. The van der Waals surface area contributed by atoms with Crippen molar-refractivity contribution in [1.82, 2.24) is 4.98 Å². The minimum absolute atomic E-state index is 0.0113. The zero-order valence-electron chi connectivity index (χ0n) is 7.76. The van der Waals surface area contributed by atoms with Gasteiger partial charge in [-0.1, -0.05) is 0 Å². The lowest BCUT2D eigenvalue weighted by Crippen LogP contribution is -2.18. The molecule has 0 atom stereocenters. The van der Waals surface area contributed by atoms with Crippen LogP contribution >= 0.6 is 0 Å². The number of halogens is 2. The van der Waals surface area contributed by atoms with Crippen LogP contribution in [0.15, 0.2) is 10.9 Å². The third-order valence-electron chi connectivity index (χ3n) is 1.90. The van der Waals surface area contributed by atoms with Gasteiger partial charge in [-0.05, 0) is 0 Å². The van der Waals surface area contributed by atoms with Gasteiger partial charge in [-0.2, -0.15) is 5.26 Å². The van der Waals surface area contributed by atoms with Crippen molar-refractivity contribution in [3.8, 4) is 6.07 Å². The van der Waals surface area contributed by atoms with E-state index in [-0.39, 0.29) is 18.7 Å². The monoisotopic (exact) mass is 213 g/mol. The van der Waals surface area contributed by atoms with E-state index in [2.05, 4.69) is 4.98 Å². The summed E-state index contributed by atoms with van der Waals surface area (Å²) in [4.78, 5) is 13.8. The summed E-state index contributed by atoms with van der Waals surface area (Å²) in [6.45, 7) is -0.186. The second-order valence-electron chi connectivity index (χ2n) is 2.89. The molecule has 15 heavy (non-hydrogen) atoms. The number of pyridine rings is 1. The summed E-state index contributed by atoms with van der Waals surface area (Å²) in [5.41, 5.74) is 4.13. The fraction of sp³-hybridized carbons (Fsp3) is 0.333. The smallest absolute Gasteiger partial charge is 0.269 e. The molecule has 3 N–H and O–H groups in total. The maximum Gasteiger partial charge on any atom is 0.269 e. The number of alkyl halides is 2. The summed E-state index contributed by atoms with van der Waals surface area (Å²) in [5, 5.41) is 8.40. The number of hydrogen-bond acceptors (Lipinski definition) is 3. The van der Waals surface area contributed by atoms with Gasteiger partial charge in [0, 0.05) is 24.0 Å². The minimum atomic E-state index is -2.86. The molecule has 1 aromatic heterocycles. The van der Waals surface area contributed by atoms with E-state index in [9.17, 15) is 13.6 Å². The Bertz CT molecular complexity index is 448. The molecule has 0 aliphatic rings. The van der Waals surface area contributed by atoms with E-state index in [1.807, 2.05) is 6.07 Å². The molecule has 1 heterocycles. The van der Waals surface area contributed by atoms with Crippen LogP contribution < -0.4 is 11.2 Å². The van der Waals surface area contributed by atoms with Gasteiger partial charge in [0.25, 0.3) is 6.43 Å². The second-order valence-corrected chi connectivity index (χ2v) is 2.89. The number of aromatic amines is 1. The van der Waals surface area contributed by atoms with Crippen molar-refractivity contribution in [3.05, 3.63) is 33.2 Å². The highest BCUT2D eigenvalue weighted by molar-refractivity contribution is 5.25. The van der Waals surface area contributed by atoms with Gasteiger partial charge in [0.2, 0.25) is 0 Å². The number of hydrogen-bond donors (Lipinski definition) is 2. The molecule has 0 unspecified atom stereocenters. The summed E-state index contributed by atoms with van der Waals surface area (Å²) < 4.78 is 24.9. The van der Waals surface area contributed by atoms with E-state index in [0.717, 1.165) is 6.07 Å². The molecule has 0 aliphatic heterocycles. The number of nitrogens with zero attached hydrogens (tertiary/aromatic N) is 1. The molecule has 0 bridgehead atoms. The van der Waals surface area contributed by atoms with Gasteiger partial charge in [-0.15, -0.1) is 0 Å². The molecule has 6 heteroatoms. The van der Waals surface area contributed by atoms with Gasteiger partial charge < -0.3 is 10.7 Å². The van der Waals surface area contributed by atoms with Gasteiger partial charge in [-0.25, -0.2) is 8.78 Å². The van der Waals surface area contributed by atoms with Crippen molar-refractivity contribution in [1.29, 1.82) is 5.26 Å². The van der Waals surface area contributed by atoms with Gasteiger partial charge in [0.15, 0.2) is 5.43 Å². The van der Waals surface area contributed by atoms with Crippen LogP contribution in [0.2, 0.25) is 0 Å². The maximum absolute atomic E-state index is 12.5. The van der Waals surface area contributed by atoms with Crippen molar-refractivity contribution < 1.29 is 8.78 Å². The van der Waals surface area contributed by atoms with Crippen LogP contribution in [0.5, 0.6) is 0 Å². The Kier molecular flexibility index (Phi) is 3.52. The fourth-order valence-corrected chi connectivity index (χ4v) is 1.26. The average molecular weight is 213 g/mol. The third kappa shape index (κ3) is 2.39. The van der Waals surface area contributed by atoms with Gasteiger partial charge in [0.1, 0.15) is 0 Å². The SMILES string of the molecule is N#CCc1cc(=O)c(C(F)F)c(CN)[nH]1. The summed E-state index contributed by atoms with van der Waals surface area (Å²) in [5.74, 6) is 0. The minimum Gasteiger partial charge on any atom is -0.360 e. The van der Waals surface area contributed by atoms with Crippen LogP contribution in [-0.2, 0) is 13.0 Å². The van der Waals surface area contributed by atoms with Crippen LogP contribution in [0.25, 0.3) is 0 Å². The van der Waals surface area contributed by atoms with Crippen LogP contribution in [0.1, 0.15) is 23.4 Å². The molecule has 0 amide bonds. The van der Waals surface area contributed by atoms with Gasteiger partial charge >= 0.3 is 0 Å². The molecule has 1 rings (SSSR count). The van der Waals surface area contributed by atoms with E-state index in [1.54, 1.807) is 0 Å². The molecule has 80 valence electrons. The van der Waals surface area contributed by atoms with E-state index < -0.39 is 17.4 Å². The standard InChI is InChI=1S/C9H9F2N3O/c10-9(11)8-6(4-13)14-5(1-2-12)3-7(8)15/h3,9H,1,4,13H2,(H,14,15). The zero-order valence-corrected chi connectivity index (χ0v) is 7.76. The van der Waals surface area contributed by atoms with Gasteiger partial charge in [0.05, 0.1) is 18.1 Å². The highest BCUT2D eigenvalue weighted by Gasteiger charge is 2.17. The molecule has 0 spiro atoms. The average Bonchev–Trinajstić information content (AvgIpc) is 2.16. The van der Waals surface area contributed by atoms with Crippen molar-refractivity contribution in [2.24, 2.45) is 5.73 Å². The summed E-state index contributed by atoms with van der Waals surface area (Å²) in [7, 11) is 0. The molecule has 0 aliphatic carbocycles. The molecule has 0 fully saturated rings. The van der Waals surface area contributed by atoms with Crippen LogP contribution in [0, 0.1) is 11.3 Å². The second kappa shape index (κ2) is 4.66. The first-order valence-electron chi connectivity index (χ1n) is 4.20. The Morgan fingerprint density at radius 2 is 2.27 bits per heavy atom. The van der Waals surface area contributed by atoms with Crippen LogP contribution in [0.4, 0.5) is 8.78 Å². The molecule has 4 nitrogen and oxygen atoms in total. The number of nitrogens with two attached hydrogens (primary N) is 1. The number of rotatable bonds is 3. The van der Waals surface area contributed by atoms with E-state index in [4.69, 9.17) is 11.0 Å². The predicted molar refractivity (Wildman–Crippen MR) is 49.2 cm³/mol. The molecule has 0 saturated carbocycles. The van der Waals surface area contributed by atoms with Crippen LogP contribution in [0.3, 0.4) is 0 Å². The zero-order chi connectivity index (χ0) is 11.4. The first-order chi connectivity index (χ1) is 7.10. The number of nitrogens with one attached hydrogen (secondary N) is 1. The first-order valence-corrected chi connectivity index (χ1v) is 4.20. The van der Waals surface area contributed by atoms with Gasteiger partial charge in [-0.3, -0.25) is 4.79 Å². The third-order valence-corrected chi connectivity index (χ3v) is 1.90. The van der Waals surface area contributed by atoms with E-state index in [1.165, 1.54) is 0 Å². The lowest BCUT2D eigenvalue weighted by molar-refractivity contribution is 0.148. The number of aromatic nitrogens is 1. The Balaban J connectivity index is 3.32. The topological polar surface area (TPSA) is 82.7 Å². The molecule has 0 saturated heterocycles. The lowest BCUT2D eigenvalue weighted by atomic mass is 10.1. The number of H-pyrrole nitrogens is 1. The first kappa shape index (κ1) is 11.3. The quantitative estimate of drug-likeness (QED) is 0.780. The van der Waals surface area contributed by atoms with Crippen molar-refractivity contribution in [2.45, 2.75) is 19.4 Å². The molecular weight excluding hydrogens is 204 g/mol. The summed E-state index contributed by atoms with van der Waals surface area (Å²) >= 11 is 0. The van der Waals surface area contributed by atoms with Crippen LogP contribution in [-0.4, -0.2) is 4.98 Å². The van der Waals surface area contributed by atoms with Crippen molar-refractivity contribution >= 4 is 0 Å². The number of nitriles is 1. The Morgan fingerprint density at radius 1 is 1.60 bits per heavy atom. The predicted octanol–water partition coefficient (Wildman–Crippen LogP) is 0.837. The Morgan fingerprint density at radius 3 is 2.73 bits per heavy atom.